The summed E-state index contributed by atoms with van der Waals surface area (Å²) in [6.07, 6.45) is 62.8. The first-order chi connectivity index (χ1) is 29.5. The molecule has 2 N–H and O–H groups in total. The van der Waals surface area contributed by atoms with Gasteiger partial charge in [0.05, 0.1) is 39.9 Å². The number of unbranched alkanes of at least 4 members (excludes halogenated alkanes) is 9. The topological polar surface area (TPSA) is 108 Å². The Morgan fingerprint density at radius 3 is 1.52 bits per heavy atom. The van der Waals surface area contributed by atoms with Crippen molar-refractivity contribution in [3.63, 3.8) is 0 Å². The maximum Gasteiger partial charge on any atom is 0.268 e. The van der Waals surface area contributed by atoms with Gasteiger partial charge in [-0.1, -0.05) is 174 Å². The van der Waals surface area contributed by atoms with Crippen LogP contribution in [0.1, 0.15) is 149 Å². The molecule has 9 heteroatoms. The van der Waals surface area contributed by atoms with Gasteiger partial charge in [0.2, 0.25) is 5.91 Å². The van der Waals surface area contributed by atoms with Gasteiger partial charge < -0.3 is 28.8 Å². The van der Waals surface area contributed by atoms with Gasteiger partial charge in [-0.05, 0) is 89.9 Å². The zero-order chi connectivity index (χ0) is 45.0. The van der Waals surface area contributed by atoms with Crippen LogP contribution in [0.25, 0.3) is 0 Å². The molecule has 0 aromatic heterocycles. The maximum atomic E-state index is 12.8. The molecule has 0 radical (unpaired) electrons. The third-order valence-corrected chi connectivity index (χ3v) is 10.4. The van der Waals surface area contributed by atoms with Crippen LogP contribution in [0.4, 0.5) is 0 Å². The van der Waals surface area contributed by atoms with E-state index in [2.05, 4.69) is 129 Å². The minimum absolute atomic E-state index is 0.0172. The van der Waals surface area contributed by atoms with Gasteiger partial charge in [0, 0.05) is 6.42 Å². The second kappa shape index (κ2) is 42.2. The fraction of sp³-hybridized carbons (Fsp3) is 0.596. The lowest BCUT2D eigenvalue weighted by molar-refractivity contribution is -0.870. The molecule has 61 heavy (non-hydrogen) atoms. The standard InChI is InChI=1S/C52H87N2O6P/c1-6-8-10-12-14-16-17-18-19-20-21-22-23-24-25-26-27-28-29-30-31-32-33-34-35-36-37-38-40-42-44-46-52(56)53-50(49-60-61(57,58)59-48-47-54(3,4)5)51(55)45-43-41-39-15-13-11-9-7-2/h8,10,13-16,18-19,21-22,24-25,27-28,30-31,33-34,43,45,50-51,55H,6-7,9,11-12,17,20,23,26,29,32,35-42,44,46-49H2,1-5H3,(H-,53,56,57,58)/b10-8-,15-13+,16-14-,19-18-,22-21-,25-24-,28-27-,31-30-,34-33-,45-43+. The van der Waals surface area contributed by atoms with Gasteiger partial charge in [0.15, 0.2) is 0 Å². The summed E-state index contributed by atoms with van der Waals surface area (Å²) >= 11 is 0. The number of allylic oxidation sites excluding steroid dienone is 19. The molecule has 3 unspecified atom stereocenters. The lowest BCUT2D eigenvalue weighted by Crippen LogP contribution is -2.45. The van der Waals surface area contributed by atoms with Crippen LogP contribution in [-0.2, 0) is 18.4 Å². The van der Waals surface area contributed by atoms with Gasteiger partial charge in [0.25, 0.3) is 7.82 Å². The summed E-state index contributed by atoms with van der Waals surface area (Å²) in [5.74, 6) is -0.233. The Bertz CT molecular complexity index is 1400. The highest BCUT2D eigenvalue weighted by atomic mass is 31.2. The number of phosphoric acid groups is 1. The molecule has 0 aliphatic rings. The van der Waals surface area contributed by atoms with Crippen molar-refractivity contribution in [2.24, 2.45) is 0 Å². The number of quaternary nitrogens is 1. The number of phosphoric ester groups is 1. The molecule has 0 saturated heterocycles. The first-order valence-electron chi connectivity index (χ1n) is 23.4. The molecule has 346 valence electrons. The molecular formula is C52H87N2O6P. The molecule has 0 fully saturated rings. The van der Waals surface area contributed by atoms with E-state index in [1.54, 1.807) is 6.08 Å². The Kier molecular flexibility index (Phi) is 40.1. The predicted octanol–water partition coefficient (Wildman–Crippen LogP) is 12.8. The summed E-state index contributed by atoms with van der Waals surface area (Å²) in [5, 5.41) is 13.6. The smallest absolute Gasteiger partial charge is 0.268 e. The van der Waals surface area contributed by atoms with Gasteiger partial charge >= 0.3 is 0 Å². The number of nitrogens with zero attached hydrogens (tertiary/aromatic N) is 1. The van der Waals surface area contributed by atoms with E-state index in [1.807, 2.05) is 27.2 Å². The molecule has 0 aromatic carbocycles. The molecule has 0 aliphatic heterocycles. The second-order valence-electron chi connectivity index (χ2n) is 16.4. The lowest BCUT2D eigenvalue weighted by atomic mass is 10.1. The van der Waals surface area contributed by atoms with Gasteiger partial charge in [-0.2, -0.15) is 0 Å². The third-order valence-electron chi connectivity index (χ3n) is 9.41. The molecular weight excluding hydrogens is 780 g/mol. The normalized spacial score (nSPS) is 15.3. The summed E-state index contributed by atoms with van der Waals surface area (Å²) < 4.78 is 23.1. The van der Waals surface area contributed by atoms with Crippen molar-refractivity contribution in [2.75, 3.05) is 40.9 Å². The summed E-state index contributed by atoms with van der Waals surface area (Å²) in [6.45, 7) is 4.38. The van der Waals surface area contributed by atoms with Crippen molar-refractivity contribution in [2.45, 2.75) is 161 Å². The van der Waals surface area contributed by atoms with Crippen molar-refractivity contribution in [1.29, 1.82) is 0 Å². The Labute approximate surface area is 374 Å². The van der Waals surface area contributed by atoms with Crippen molar-refractivity contribution < 1.29 is 32.9 Å². The number of carbonyl (C=O) groups is 1. The Morgan fingerprint density at radius 1 is 0.590 bits per heavy atom. The molecule has 0 saturated carbocycles. The van der Waals surface area contributed by atoms with Gasteiger partial charge in [-0.3, -0.25) is 9.36 Å². The first-order valence-corrected chi connectivity index (χ1v) is 24.9. The summed E-state index contributed by atoms with van der Waals surface area (Å²) in [4.78, 5) is 25.2. The summed E-state index contributed by atoms with van der Waals surface area (Å²) in [6, 6.07) is -0.917. The Balaban J connectivity index is 4.22. The van der Waals surface area contributed by atoms with E-state index in [-0.39, 0.29) is 12.5 Å². The Morgan fingerprint density at radius 2 is 1.02 bits per heavy atom. The van der Waals surface area contributed by atoms with Crippen molar-refractivity contribution >= 4 is 13.7 Å². The fourth-order valence-corrected chi connectivity index (χ4v) is 6.42. The molecule has 1 amide bonds. The van der Waals surface area contributed by atoms with E-state index >= 15 is 0 Å². The molecule has 8 nitrogen and oxygen atoms in total. The average molecular weight is 867 g/mol. The minimum atomic E-state index is -4.60. The van der Waals surface area contributed by atoms with Gasteiger partial charge in [0.1, 0.15) is 13.2 Å². The van der Waals surface area contributed by atoms with Gasteiger partial charge in [-0.25, -0.2) is 0 Å². The maximum absolute atomic E-state index is 12.8. The van der Waals surface area contributed by atoms with Crippen molar-refractivity contribution in [1.82, 2.24) is 5.32 Å². The van der Waals surface area contributed by atoms with Crippen molar-refractivity contribution in [3.05, 3.63) is 122 Å². The van der Waals surface area contributed by atoms with Crippen LogP contribution < -0.4 is 10.2 Å². The highest BCUT2D eigenvalue weighted by Crippen LogP contribution is 2.38. The largest absolute Gasteiger partial charge is 0.756 e. The molecule has 0 rings (SSSR count). The predicted molar refractivity (Wildman–Crippen MR) is 260 cm³/mol. The van der Waals surface area contributed by atoms with E-state index < -0.39 is 26.6 Å². The van der Waals surface area contributed by atoms with Crippen LogP contribution in [0, 0.1) is 0 Å². The molecule has 0 heterocycles. The number of amides is 1. The quantitative estimate of drug-likeness (QED) is 0.0275. The van der Waals surface area contributed by atoms with E-state index in [0.29, 0.717) is 17.4 Å². The van der Waals surface area contributed by atoms with Crippen LogP contribution in [0.3, 0.4) is 0 Å². The molecule has 0 aliphatic carbocycles. The van der Waals surface area contributed by atoms with Crippen LogP contribution in [0.15, 0.2) is 122 Å². The van der Waals surface area contributed by atoms with Crippen LogP contribution in [0.2, 0.25) is 0 Å². The zero-order valence-electron chi connectivity index (χ0n) is 39.1. The third kappa shape index (κ3) is 44.8. The highest BCUT2D eigenvalue weighted by Gasteiger charge is 2.23. The van der Waals surface area contributed by atoms with Crippen molar-refractivity contribution in [3.8, 4) is 0 Å². The van der Waals surface area contributed by atoms with E-state index in [9.17, 15) is 19.4 Å². The summed E-state index contributed by atoms with van der Waals surface area (Å²) in [5.41, 5.74) is 0. The van der Waals surface area contributed by atoms with E-state index in [0.717, 1.165) is 122 Å². The lowest BCUT2D eigenvalue weighted by Gasteiger charge is -2.29. The average Bonchev–Trinajstić information content (AvgIpc) is 3.21. The number of hydrogen-bond donors (Lipinski definition) is 2. The zero-order valence-corrected chi connectivity index (χ0v) is 39.9. The number of aliphatic hydroxyl groups is 1. The number of aliphatic hydroxyl groups excluding tert-OH is 1. The highest BCUT2D eigenvalue weighted by molar-refractivity contribution is 7.45. The van der Waals surface area contributed by atoms with Gasteiger partial charge in [-0.15, -0.1) is 0 Å². The van der Waals surface area contributed by atoms with Crippen LogP contribution >= 0.6 is 7.82 Å². The minimum Gasteiger partial charge on any atom is -0.756 e. The number of likely N-dealkylation sites (N-methyl/N-ethyl adjacent to an activating group) is 1. The first kappa shape index (κ1) is 57.9. The van der Waals surface area contributed by atoms with Crippen LogP contribution in [-0.4, -0.2) is 68.5 Å². The SMILES string of the molecule is CC/C=C\C/C=C\C/C=C\C/C=C\C/C=C\C/C=C\C/C=C\C/C=C\CCCCCCCCC(=O)NC(COP(=O)([O-])OCC[N+](C)(C)C)C(O)/C=C/CC/C=C/CCCC. The summed E-state index contributed by atoms with van der Waals surface area (Å²) in [7, 11) is 1.20. The molecule has 3 atom stereocenters. The number of rotatable bonds is 40. The second-order valence-corrected chi connectivity index (χ2v) is 17.8. The number of nitrogens with one attached hydrogen (secondary N) is 1. The van der Waals surface area contributed by atoms with E-state index in [4.69, 9.17) is 9.05 Å². The molecule has 0 aromatic rings. The number of carbonyl (C=O) groups excluding carboxylic acids is 1. The van der Waals surface area contributed by atoms with Crippen LogP contribution in [0.5, 0.6) is 0 Å². The molecule has 0 spiro atoms. The molecule has 0 bridgehead atoms. The monoisotopic (exact) mass is 867 g/mol. The fourth-order valence-electron chi connectivity index (χ4n) is 5.70. The van der Waals surface area contributed by atoms with E-state index in [1.165, 1.54) is 6.42 Å². The number of hydrogen-bond acceptors (Lipinski definition) is 6. The Hall–Kier alpha value is -3.10.